The lowest BCUT2D eigenvalue weighted by Crippen LogP contribution is -2.43. The maximum absolute atomic E-state index is 12.6. The molecular weight excluding hydrogens is 356 g/mol. The van der Waals surface area contributed by atoms with E-state index in [9.17, 15) is 4.79 Å². The summed E-state index contributed by atoms with van der Waals surface area (Å²) >= 11 is 6.07. The molecule has 2 aromatic rings. The molecule has 1 fully saturated rings. The molecule has 1 aliphatic rings. The van der Waals surface area contributed by atoms with E-state index < -0.39 is 0 Å². The Morgan fingerprint density at radius 3 is 2.52 bits per heavy atom. The summed E-state index contributed by atoms with van der Waals surface area (Å²) in [6.45, 7) is 4.93. The molecule has 0 unspecified atom stereocenters. The monoisotopic (exact) mass is 384 g/mol. The van der Waals surface area contributed by atoms with Crippen LogP contribution in [0.25, 0.3) is 0 Å². The number of aryl methyl sites for hydroxylation is 1. The van der Waals surface area contributed by atoms with Gasteiger partial charge in [-0.05, 0) is 69.0 Å². The summed E-state index contributed by atoms with van der Waals surface area (Å²) in [6.07, 6.45) is 3.83. The van der Waals surface area contributed by atoms with Crippen molar-refractivity contribution in [1.82, 2.24) is 10.2 Å². The minimum absolute atomic E-state index is 0.139. The molecule has 1 saturated heterocycles. The van der Waals surface area contributed by atoms with Gasteiger partial charge in [0, 0.05) is 23.5 Å². The number of hydrogen-bond acceptors (Lipinski definition) is 2. The van der Waals surface area contributed by atoms with Gasteiger partial charge in [-0.3, -0.25) is 9.69 Å². The van der Waals surface area contributed by atoms with E-state index in [2.05, 4.69) is 47.5 Å². The topological polar surface area (TPSA) is 32.3 Å². The maximum atomic E-state index is 12.6. The average Bonchev–Trinajstić information content (AvgIpc) is 2.68. The molecule has 1 aliphatic heterocycles. The number of halogens is 1. The van der Waals surface area contributed by atoms with Crippen LogP contribution in [0.15, 0.2) is 54.6 Å². The van der Waals surface area contributed by atoms with Gasteiger partial charge in [-0.1, -0.05) is 54.1 Å². The van der Waals surface area contributed by atoms with Crippen molar-refractivity contribution in [3.8, 4) is 0 Å². The molecule has 1 atom stereocenters. The average molecular weight is 385 g/mol. The maximum Gasteiger partial charge on any atom is 0.223 e. The van der Waals surface area contributed by atoms with Gasteiger partial charge in [-0.2, -0.15) is 0 Å². The SMILES string of the molecule is C[C@@H](CCc1ccccc1)NC(=O)C1CCN(Cc2cccc(Cl)c2)CC1. The molecule has 0 aliphatic carbocycles. The molecule has 0 radical (unpaired) electrons. The van der Waals surface area contributed by atoms with Crippen molar-refractivity contribution in [3.63, 3.8) is 0 Å². The van der Waals surface area contributed by atoms with Crippen molar-refractivity contribution in [1.29, 1.82) is 0 Å². The normalized spacial score (nSPS) is 16.8. The van der Waals surface area contributed by atoms with E-state index in [4.69, 9.17) is 11.6 Å². The fraction of sp³-hybridized carbons (Fsp3) is 0.435. The van der Waals surface area contributed by atoms with Crippen molar-refractivity contribution in [2.45, 2.75) is 45.2 Å². The predicted octanol–water partition coefficient (Wildman–Crippen LogP) is 4.69. The van der Waals surface area contributed by atoms with E-state index in [1.54, 1.807) is 0 Å². The number of likely N-dealkylation sites (tertiary alicyclic amines) is 1. The third-order valence-corrected chi connectivity index (χ3v) is 5.59. The van der Waals surface area contributed by atoms with Crippen LogP contribution in [-0.4, -0.2) is 29.9 Å². The van der Waals surface area contributed by atoms with Gasteiger partial charge in [0.05, 0.1) is 0 Å². The molecule has 0 aromatic heterocycles. The molecule has 27 heavy (non-hydrogen) atoms. The first-order valence-electron chi connectivity index (χ1n) is 9.91. The van der Waals surface area contributed by atoms with Crippen molar-refractivity contribution >= 4 is 17.5 Å². The Kier molecular flexibility index (Phi) is 7.31. The number of nitrogens with zero attached hydrogens (tertiary/aromatic N) is 1. The second kappa shape index (κ2) is 9.91. The number of carbonyl (C=O) groups excluding carboxylic acids is 1. The second-order valence-electron chi connectivity index (χ2n) is 7.61. The molecule has 0 spiro atoms. The van der Waals surface area contributed by atoms with Crippen LogP contribution >= 0.6 is 11.6 Å². The summed E-state index contributed by atoms with van der Waals surface area (Å²) < 4.78 is 0. The highest BCUT2D eigenvalue weighted by atomic mass is 35.5. The van der Waals surface area contributed by atoms with Gasteiger partial charge in [-0.15, -0.1) is 0 Å². The Bertz CT molecular complexity index is 726. The molecule has 1 N–H and O–H groups in total. The molecule has 4 heteroatoms. The Morgan fingerprint density at radius 2 is 1.81 bits per heavy atom. The number of carbonyl (C=O) groups is 1. The molecular formula is C23H29ClN2O. The molecule has 144 valence electrons. The fourth-order valence-electron chi connectivity index (χ4n) is 3.71. The van der Waals surface area contributed by atoms with Gasteiger partial charge in [0.1, 0.15) is 0 Å². The minimum atomic E-state index is 0.139. The fourth-order valence-corrected chi connectivity index (χ4v) is 3.92. The van der Waals surface area contributed by atoms with Crippen LogP contribution in [0.5, 0.6) is 0 Å². The largest absolute Gasteiger partial charge is 0.353 e. The standard InChI is InChI=1S/C23H29ClN2O/c1-18(10-11-19-6-3-2-4-7-19)25-23(27)21-12-14-26(15-13-21)17-20-8-5-9-22(24)16-20/h2-9,16,18,21H,10-15,17H2,1H3,(H,25,27)/t18-/m0/s1. The van der Waals surface area contributed by atoms with Gasteiger partial charge in [0.15, 0.2) is 0 Å². The van der Waals surface area contributed by atoms with E-state index in [1.807, 2.05) is 24.3 Å². The van der Waals surface area contributed by atoms with E-state index in [-0.39, 0.29) is 17.9 Å². The van der Waals surface area contributed by atoms with Crippen LogP contribution in [0.1, 0.15) is 37.3 Å². The van der Waals surface area contributed by atoms with Gasteiger partial charge in [-0.25, -0.2) is 0 Å². The third kappa shape index (κ3) is 6.37. The number of rotatable bonds is 7. The predicted molar refractivity (Wildman–Crippen MR) is 112 cm³/mol. The minimum Gasteiger partial charge on any atom is -0.353 e. The van der Waals surface area contributed by atoms with E-state index in [1.165, 1.54) is 11.1 Å². The summed E-state index contributed by atoms with van der Waals surface area (Å²) in [5.74, 6) is 0.359. The van der Waals surface area contributed by atoms with E-state index in [0.29, 0.717) is 0 Å². The molecule has 0 bridgehead atoms. The van der Waals surface area contributed by atoms with Crippen LogP contribution in [-0.2, 0) is 17.8 Å². The van der Waals surface area contributed by atoms with Crippen LogP contribution in [0.2, 0.25) is 5.02 Å². The summed E-state index contributed by atoms with van der Waals surface area (Å²) in [4.78, 5) is 15.0. The lowest BCUT2D eigenvalue weighted by molar-refractivity contribution is -0.127. The van der Waals surface area contributed by atoms with Crippen LogP contribution in [0.3, 0.4) is 0 Å². The van der Waals surface area contributed by atoms with E-state index >= 15 is 0 Å². The zero-order chi connectivity index (χ0) is 19.1. The van der Waals surface area contributed by atoms with E-state index in [0.717, 1.165) is 50.3 Å². The van der Waals surface area contributed by atoms with Crippen LogP contribution < -0.4 is 5.32 Å². The van der Waals surface area contributed by atoms with Gasteiger partial charge in [0.25, 0.3) is 0 Å². The smallest absolute Gasteiger partial charge is 0.223 e. The quantitative estimate of drug-likeness (QED) is 0.751. The van der Waals surface area contributed by atoms with Gasteiger partial charge < -0.3 is 5.32 Å². The highest BCUT2D eigenvalue weighted by molar-refractivity contribution is 6.30. The highest BCUT2D eigenvalue weighted by Crippen LogP contribution is 2.20. The first kappa shape index (κ1) is 19.9. The highest BCUT2D eigenvalue weighted by Gasteiger charge is 2.25. The number of amides is 1. The summed E-state index contributed by atoms with van der Waals surface area (Å²) in [5.41, 5.74) is 2.56. The second-order valence-corrected chi connectivity index (χ2v) is 8.05. The number of benzene rings is 2. The van der Waals surface area contributed by atoms with Crippen molar-refractivity contribution in [2.75, 3.05) is 13.1 Å². The molecule has 1 amide bonds. The Morgan fingerprint density at radius 1 is 1.11 bits per heavy atom. The molecule has 0 saturated carbocycles. The Balaban J connectivity index is 1.39. The van der Waals surface area contributed by atoms with Gasteiger partial charge >= 0.3 is 0 Å². The van der Waals surface area contributed by atoms with Crippen LogP contribution in [0, 0.1) is 5.92 Å². The first-order valence-corrected chi connectivity index (χ1v) is 10.3. The van der Waals surface area contributed by atoms with Crippen molar-refractivity contribution < 1.29 is 4.79 Å². The molecule has 3 rings (SSSR count). The van der Waals surface area contributed by atoms with Crippen LogP contribution in [0.4, 0.5) is 0 Å². The molecule has 2 aromatic carbocycles. The molecule has 3 nitrogen and oxygen atoms in total. The summed E-state index contributed by atoms with van der Waals surface area (Å²) in [5, 5.41) is 4.00. The Labute approximate surface area is 167 Å². The number of nitrogens with one attached hydrogen (secondary N) is 1. The summed E-state index contributed by atoms with van der Waals surface area (Å²) in [6, 6.07) is 18.7. The summed E-state index contributed by atoms with van der Waals surface area (Å²) in [7, 11) is 0. The lowest BCUT2D eigenvalue weighted by atomic mass is 9.95. The zero-order valence-corrected chi connectivity index (χ0v) is 16.8. The van der Waals surface area contributed by atoms with Crippen molar-refractivity contribution in [2.24, 2.45) is 5.92 Å². The number of hydrogen-bond donors (Lipinski definition) is 1. The third-order valence-electron chi connectivity index (χ3n) is 5.35. The zero-order valence-electron chi connectivity index (χ0n) is 16.0. The first-order chi connectivity index (χ1) is 13.1. The molecule has 1 heterocycles. The lowest BCUT2D eigenvalue weighted by Gasteiger charge is -2.32. The Hall–Kier alpha value is -1.84. The number of piperidine rings is 1. The van der Waals surface area contributed by atoms with Gasteiger partial charge in [0.2, 0.25) is 5.91 Å². The van der Waals surface area contributed by atoms with Crippen molar-refractivity contribution in [3.05, 3.63) is 70.7 Å².